The van der Waals surface area contributed by atoms with Crippen LogP contribution in [0, 0.1) is 12.8 Å². The van der Waals surface area contributed by atoms with Gasteiger partial charge in [0, 0.05) is 23.5 Å². The first-order valence-electron chi connectivity index (χ1n) is 11.6. The Morgan fingerprint density at radius 2 is 1.94 bits per heavy atom. The highest BCUT2D eigenvalue weighted by Gasteiger charge is 2.29. The number of carbonyl (C=O) groups is 1. The lowest BCUT2D eigenvalue weighted by Gasteiger charge is -2.32. The van der Waals surface area contributed by atoms with Crippen LogP contribution >= 0.6 is 22.9 Å². The molecule has 0 radical (unpaired) electrons. The minimum Gasteiger partial charge on any atom is -0.466 e. The fourth-order valence-electron chi connectivity index (χ4n) is 5.12. The van der Waals surface area contributed by atoms with Gasteiger partial charge in [0.2, 0.25) is 5.28 Å². The molecular weight excluding hydrogens is 442 g/mol. The first kappa shape index (κ1) is 21.7. The van der Waals surface area contributed by atoms with E-state index in [0.717, 1.165) is 48.4 Å². The lowest BCUT2D eigenvalue weighted by atomic mass is 9.88. The molecule has 3 aromatic rings. The van der Waals surface area contributed by atoms with Crippen molar-refractivity contribution in [2.45, 2.75) is 52.4 Å². The monoisotopic (exact) mass is 469 g/mol. The molecule has 1 aromatic carbocycles. The van der Waals surface area contributed by atoms with Gasteiger partial charge in [-0.15, -0.1) is 11.3 Å². The number of hydrogen-bond acceptors (Lipinski definition) is 6. The van der Waals surface area contributed by atoms with Crippen molar-refractivity contribution in [3.05, 3.63) is 39.5 Å². The van der Waals surface area contributed by atoms with Gasteiger partial charge in [-0.05, 0) is 80.7 Å². The molecule has 32 heavy (non-hydrogen) atoms. The maximum absolute atomic E-state index is 12.2. The molecule has 7 heteroatoms. The predicted molar refractivity (Wildman–Crippen MR) is 131 cm³/mol. The van der Waals surface area contributed by atoms with Gasteiger partial charge < -0.3 is 9.64 Å². The lowest BCUT2D eigenvalue weighted by molar-refractivity contribution is -0.148. The zero-order valence-corrected chi connectivity index (χ0v) is 20.2. The van der Waals surface area contributed by atoms with E-state index in [4.69, 9.17) is 16.3 Å². The van der Waals surface area contributed by atoms with E-state index in [0.29, 0.717) is 6.61 Å². The van der Waals surface area contributed by atoms with Gasteiger partial charge in [0.05, 0.1) is 17.9 Å². The van der Waals surface area contributed by atoms with Gasteiger partial charge >= 0.3 is 5.97 Å². The fraction of sp³-hybridized carbons (Fsp3) is 0.480. The second-order valence-electron chi connectivity index (χ2n) is 8.73. The van der Waals surface area contributed by atoms with Crippen LogP contribution in [0.2, 0.25) is 5.28 Å². The number of nitrogens with zero attached hydrogens (tertiary/aromatic N) is 3. The summed E-state index contributed by atoms with van der Waals surface area (Å²) in [7, 11) is 0. The summed E-state index contributed by atoms with van der Waals surface area (Å²) in [6.07, 6.45) is 6.40. The van der Waals surface area contributed by atoms with Crippen LogP contribution in [0.25, 0.3) is 21.3 Å². The van der Waals surface area contributed by atoms with Gasteiger partial charge in [0.15, 0.2) is 0 Å². The summed E-state index contributed by atoms with van der Waals surface area (Å²) in [5.74, 6) is 0.766. The van der Waals surface area contributed by atoms with Crippen LogP contribution in [0.4, 0.5) is 5.82 Å². The molecule has 2 aliphatic rings. The van der Waals surface area contributed by atoms with Gasteiger partial charge in [0.1, 0.15) is 10.6 Å². The van der Waals surface area contributed by atoms with Crippen molar-refractivity contribution in [1.29, 1.82) is 0 Å². The molecule has 0 amide bonds. The van der Waals surface area contributed by atoms with E-state index in [9.17, 15) is 4.79 Å². The highest BCUT2D eigenvalue weighted by Crippen LogP contribution is 2.43. The summed E-state index contributed by atoms with van der Waals surface area (Å²) in [6, 6.07) is 6.92. The van der Waals surface area contributed by atoms with Gasteiger partial charge in [-0.2, -0.15) is 4.98 Å². The van der Waals surface area contributed by atoms with E-state index in [1.54, 1.807) is 11.3 Å². The average Bonchev–Trinajstić information content (AvgIpc) is 3.13. The molecule has 1 saturated heterocycles. The van der Waals surface area contributed by atoms with Crippen LogP contribution in [0.5, 0.6) is 0 Å². The normalized spacial score (nSPS) is 16.9. The molecule has 0 bridgehead atoms. The highest BCUT2D eigenvalue weighted by molar-refractivity contribution is 7.19. The van der Waals surface area contributed by atoms with E-state index < -0.39 is 0 Å². The minimum atomic E-state index is -0.0841. The van der Waals surface area contributed by atoms with E-state index in [1.165, 1.54) is 46.4 Å². The molecule has 0 atom stereocenters. The molecule has 5 rings (SSSR count). The number of aromatic nitrogens is 2. The first-order valence-corrected chi connectivity index (χ1v) is 12.7. The molecule has 2 aromatic heterocycles. The summed E-state index contributed by atoms with van der Waals surface area (Å²) in [5, 5.41) is 1.36. The standard InChI is InChI=1S/C25H28ClN3O2S/c1-3-31-24(30)17-10-12-29(13-11-17)22-21-20(15(2)32-23(21)28-25(26)27-22)19-9-8-16-6-4-5-7-18(16)14-19/h8-9,14,17H,3-7,10-13H2,1-2H3. The third kappa shape index (κ3) is 3.99. The number of ether oxygens (including phenoxy) is 1. The van der Waals surface area contributed by atoms with Crippen molar-refractivity contribution in [3.63, 3.8) is 0 Å². The van der Waals surface area contributed by atoms with E-state index >= 15 is 0 Å². The van der Waals surface area contributed by atoms with Crippen LogP contribution < -0.4 is 4.90 Å². The molecule has 0 unspecified atom stereocenters. The molecule has 0 saturated carbocycles. The number of piperidine rings is 1. The zero-order chi connectivity index (χ0) is 22.2. The summed E-state index contributed by atoms with van der Waals surface area (Å²) in [4.78, 5) is 25.9. The second kappa shape index (κ2) is 8.99. The number of anilines is 1. The summed E-state index contributed by atoms with van der Waals surface area (Å²) < 4.78 is 5.23. The van der Waals surface area contributed by atoms with Gasteiger partial charge in [-0.25, -0.2) is 4.98 Å². The maximum Gasteiger partial charge on any atom is 0.309 e. The van der Waals surface area contributed by atoms with Crippen molar-refractivity contribution in [2.24, 2.45) is 5.92 Å². The van der Waals surface area contributed by atoms with Crippen LogP contribution in [-0.2, 0) is 22.4 Å². The van der Waals surface area contributed by atoms with Crippen molar-refractivity contribution in [2.75, 3.05) is 24.6 Å². The minimum absolute atomic E-state index is 0.0386. The number of thiophene rings is 1. The van der Waals surface area contributed by atoms with Crippen LogP contribution in [0.15, 0.2) is 18.2 Å². The zero-order valence-electron chi connectivity index (χ0n) is 18.6. The van der Waals surface area contributed by atoms with Crippen molar-refractivity contribution in [1.82, 2.24) is 9.97 Å². The summed E-state index contributed by atoms with van der Waals surface area (Å²) >= 11 is 8.03. The third-order valence-corrected chi connectivity index (χ3v) is 7.90. The second-order valence-corrected chi connectivity index (χ2v) is 10.3. The number of carbonyl (C=O) groups excluding carboxylic acids is 1. The molecule has 5 nitrogen and oxygen atoms in total. The van der Waals surface area contributed by atoms with Gasteiger partial charge in [-0.3, -0.25) is 4.79 Å². The Morgan fingerprint density at radius 3 is 2.69 bits per heavy atom. The van der Waals surface area contributed by atoms with Crippen LogP contribution in [0.1, 0.15) is 48.6 Å². The molecular formula is C25H28ClN3O2S. The van der Waals surface area contributed by atoms with Crippen molar-refractivity contribution >= 4 is 44.9 Å². The molecule has 3 heterocycles. The van der Waals surface area contributed by atoms with E-state index in [-0.39, 0.29) is 17.2 Å². The summed E-state index contributed by atoms with van der Waals surface area (Å²) in [6.45, 7) is 5.95. The Labute approximate surface area is 197 Å². The lowest BCUT2D eigenvalue weighted by Crippen LogP contribution is -2.37. The van der Waals surface area contributed by atoms with Gasteiger partial charge in [0.25, 0.3) is 0 Å². The maximum atomic E-state index is 12.2. The largest absolute Gasteiger partial charge is 0.466 e. The number of hydrogen-bond donors (Lipinski definition) is 0. The number of benzene rings is 1. The van der Waals surface area contributed by atoms with Crippen molar-refractivity contribution < 1.29 is 9.53 Å². The number of esters is 1. The predicted octanol–water partition coefficient (Wildman–Crippen LogP) is 5.98. The van der Waals surface area contributed by atoms with Crippen molar-refractivity contribution in [3.8, 4) is 11.1 Å². The quantitative estimate of drug-likeness (QED) is 0.347. The summed E-state index contributed by atoms with van der Waals surface area (Å²) in [5.41, 5.74) is 5.41. The molecule has 1 fully saturated rings. The smallest absolute Gasteiger partial charge is 0.309 e. The molecule has 1 aliphatic heterocycles. The Kier molecular flexibility index (Phi) is 6.08. The van der Waals surface area contributed by atoms with E-state index in [1.807, 2.05) is 6.92 Å². The number of halogens is 1. The fourth-order valence-corrected chi connectivity index (χ4v) is 6.37. The number of fused-ring (bicyclic) bond motifs is 2. The first-order chi connectivity index (χ1) is 15.5. The van der Waals surface area contributed by atoms with E-state index in [2.05, 4.69) is 40.0 Å². The topological polar surface area (TPSA) is 55.3 Å². The highest BCUT2D eigenvalue weighted by atomic mass is 35.5. The van der Waals surface area contributed by atoms with Gasteiger partial charge in [-0.1, -0.05) is 18.2 Å². The van der Waals surface area contributed by atoms with Crippen LogP contribution in [-0.4, -0.2) is 35.6 Å². The Balaban J connectivity index is 1.54. The molecule has 168 valence electrons. The molecule has 0 spiro atoms. The molecule has 1 aliphatic carbocycles. The number of aryl methyl sites for hydroxylation is 3. The third-order valence-electron chi connectivity index (χ3n) is 6.73. The Morgan fingerprint density at radius 1 is 1.19 bits per heavy atom. The number of rotatable bonds is 4. The average molecular weight is 470 g/mol. The SMILES string of the molecule is CCOC(=O)C1CCN(c2nc(Cl)nc3sc(C)c(-c4ccc5c(c4)CCCC5)c23)CC1. The van der Waals surface area contributed by atoms with Crippen LogP contribution in [0.3, 0.4) is 0 Å². The Bertz CT molecular complexity index is 1170. The molecule has 0 N–H and O–H groups in total. The Hall–Kier alpha value is -2.18.